The molecule has 0 fully saturated rings. The molecule has 1 amide bonds. The first-order chi connectivity index (χ1) is 29.5. The Balaban J connectivity index is 4.61. The number of carbonyl (C=O) groups is 2. The average Bonchev–Trinajstić information content (AvgIpc) is 3.24. The predicted molar refractivity (Wildman–Crippen MR) is 259 cm³/mol. The highest BCUT2D eigenvalue weighted by molar-refractivity contribution is 5.77. The topological polar surface area (TPSA) is 95.9 Å². The summed E-state index contributed by atoms with van der Waals surface area (Å²) >= 11 is 0. The molecule has 3 unspecified atom stereocenters. The van der Waals surface area contributed by atoms with E-state index in [2.05, 4.69) is 62.5 Å². The van der Waals surface area contributed by atoms with Crippen molar-refractivity contribution in [3.05, 3.63) is 36.5 Å². The molecule has 352 valence electrons. The lowest BCUT2D eigenvalue weighted by atomic mass is 10.0. The van der Waals surface area contributed by atoms with Crippen molar-refractivity contribution < 1.29 is 24.5 Å². The molecule has 0 aliphatic rings. The summed E-state index contributed by atoms with van der Waals surface area (Å²) in [6.07, 6.45) is 56.4. The van der Waals surface area contributed by atoms with E-state index in [0.29, 0.717) is 19.3 Å². The maximum atomic E-state index is 13.2. The van der Waals surface area contributed by atoms with Crippen LogP contribution in [0.15, 0.2) is 36.5 Å². The molecule has 6 heteroatoms. The number of hydrogen-bond acceptors (Lipinski definition) is 5. The van der Waals surface area contributed by atoms with E-state index in [1.807, 2.05) is 0 Å². The third-order valence-electron chi connectivity index (χ3n) is 12.0. The Kier molecular flexibility index (Phi) is 46.6. The Morgan fingerprint density at radius 3 is 1.28 bits per heavy atom. The van der Waals surface area contributed by atoms with Gasteiger partial charge in [-0.25, -0.2) is 0 Å². The zero-order chi connectivity index (χ0) is 43.8. The van der Waals surface area contributed by atoms with Crippen molar-refractivity contribution >= 4 is 11.9 Å². The standard InChI is InChI=1S/C54H101NO5/c1-4-7-10-13-16-19-21-23-25-27-29-31-34-36-39-42-45-50(48-53(58)55-51(49-56)52(57)46-43-40-37-33-18-15-12-9-6-3)60-54(59)47-44-41-38-35-32-30-28-26-24-22-20-17-14-11-8-5-2/h21,23,25,27,29,31,50-52,56-57H,4-20,22,24,26,28,30,32-49H2,1-3H3,(H,55,58)/b23-21+,27-25+,31-29+. The number of aliphatic hydroxyl groups is 2. The molecule has 0 aromatic rings. The van der Waals surface area contributed by atoms with Gasteiger partial charge in [0.1, 0.15) is 6.10 Å². The molecule has 6 nitrogen and oxygen atoms in total. The van der Waals surface area contributed by atoms with Gasteiger partial charge in [-0.3, -0.25) is 9.59 Å². The van der Waals surface area contributed by atoms with Gasteiger partial charge in [-0.15, -0.1) is 0 Å². The molecular weight excluding hydrogens is 743 g/mol. The summed E-state index contributed by atoms with van der Waals surface area (Å²) in [5.41, 5.74) is 0. The van der Waals surface area contributed by atoms with Gasteiger partial charge in [0.05, 0.1) is 25.2 Å². The quantitative estimate of drug-likeness (QED) is 0.0322. The molecule has 3 N–H and O–H groups in total. The second-order valence-electron chi connectivity index (χ2n) is 18.0. The zero-order valence-corrected chi connectivity index (χ0v) is 40.1. The fraction of sp³-hybridized carbons (Fsp3) is 0.852. The van der Waals surface area contributed by atoms with Gasteiger partial charge in [0, 0.05) is 6.42 Å². The third kappa shape index (κ3) is 42.8. The SMILES string of the molecule is CCCCCCC/C=C/C=C/C=C/CCCCCC(CC(=O)NC(CO)C(O)CCCCCCCCCCC)OC(=O)CCCCCCCCCCCCCCCCCC. The number of allylic oxidation sites excluding steroid dienone is 6. The summed E-state index contributed by atoms with van der Waals surface area (Å²) in [5, 5.41) is 23.7. The first kappa shape index (κ1) is 58.1. The minimum Gasteiger partial charge on any atom is -0.462 e. The molecule has 0 bridgehead atoms. The van der Waals surface area contributed by atoms with Crippen LogP contribution >= 0.6 is 0 Å². The Bertz CT molecular complexity index is 993. The van der Waals surface area contributed by atoms with E-state index >= 15 is 0 Å². The van der Waals surface area contributed by atoms with Crippen molar-refractivity contribution in [2.75, 3.05) is 6.61 Å². The lowest BCUT2D eigenvalue weighted by molar-refractivity contribution is -0.151. The first-order valence-corrected chi connectivity index (χ1v) is 26.2. The highest BCUT2D eigenvalue weighted by Gasteiger charge is 2.24. The van der Waals surface area contributed by atoms with E-state index < -0.39 is 18.2 Å². The van der Waals surface area contributed by atoms with E-state index in [-0.39, 0.29) is 24.9 Å². The summed E-state index contributed by atoms with van der Waals surface area (Å²) in [5.74, 6) is -0.497. The summed E-state index contributed by atoms with van der Waals surface area (Å²) in [6, 6.07) is -0.708. The third-order valence-corrected chi connectivity index (χ3v) is 12.0. The molecule has 0 aromatic carbocycles. The summed E-state index contributed by atoms with van der Waals surface area (Å²) < 4.78 is 5.92. The maximum Gasteiger partial charge on any atom is 0.306 e. The van der Waals surface area contributed by atoms with Crippen LogP contribution in [0.25, 0.3) is 0 Å². The largest absolute Gasteiger partial charge is 0.462 e. The molecule has 0 spiro atoms. The van der Waals surface area contributed by atoms with E-state index in [1.54, 1.807) is 0 Å². The predicted octanol–water partition coefficient (Wildman–Crippen LogP) is 15.7. The van der Waals surface area contributed by atoms with Gasteiger partial charge in [0.25, 0.3) is 0 Å². The Morgan fingerprint density at radius 2 is 0.850 bits per heavy atom. The van der Waals surface area contributed by atoms with Crippen molar-refractivity contribution in [1.29, 1.82) is 0 Å². The van der Waals surface area contributed by atoms with E-state index in [0.717, 1.165) is 70.6 Å². The Morgan fingerprint density at radius 1 is 0.483 bits per heavy atom. The molecule has 3 atom stereocenters. The van der Waals surface area contributed by atoms with Gasteiger partial charge in [0.15, 0.2) is 0 Å². The summed E-state index contributed by atoms with van der Waals surface area (Å²) in [7, 11) is 0. The van der Waals surface area contributed by atoms with Crippen LogP contribution in [-0.2, 0) is 14.3 Å². The van der Waals surface area contributed by atoms with Crippen LogP contribution in [0.3, 0.4) is 0 Å². The van der Waals surface area contributed by atoms with Gasteiger partial charge < -0.3 is 20.3 Å². The molecule has 0 heterocycles. The van der Waals surface area contributed by atoms with Crippen molar-refractivity contribution in [2.24, 2.45) is 0 Å². The van der Waals surface area contributed by atoms with Gasteiger partial charge in [-0.2, -0.15) is 0 Å². The van der Waals surface area contributed by atoms with Crippen LogP contribution in [0.4, 0.5) is 0 Å². The molecule has 60 heavy (non-hydrogen) atoms. The number of aliphatic hydroxyl groups excluding tert-OH is 2. The maximum absolute atomic E-state index is 13.2. The highest BCUT2D eigenvalue weighted by Crippen LogP contribution is 2.18. The number of esters is 1. The molecule has 0 saturated carbocycles. The number of carbonyl (C=O) groups excluding carboxylic acids is 2. The fourth-order valence-electron chi connectivity index (χ4n) is 8.02. The van der Waals surface area contributed by atoms with E-state index in [9.17, 15) is 19.8 Å². The monoisotopic (exact) mass is 844 g/mol. The van der Waals surface area contributed by atoms with Gasteiger partial charge in [-0.05, 0) is 51.4 Å². The average molecular weight is 844 g/mol. The lowest BCUT2D eigenvalue weighted by Gasteiger charge is -2.24. The lowest BCUT2D eigenvalue weighted by Crippen LogP contribution is -2.46. The summed E-state index contributed by atoms with van der Waals surface area (Å²) in [4.78, 5) is 26.1. The van der Waals surface area contributed by atoms with Gasteiger partial charge >= 0.3 is 5.97 Å². The first-order valence-electron chi connectivity index (χ1n) is 26.2. The highest BCUT2D eigenvalue weighted by atomic mass is 16.5. The smallest absolute Gasteiger partial charge is 0.306 e. The molecule has 0 radical (unpaired) electrons. The zero-order valence-electron chi connectivity index (χ0n) is 40.1. The number of hydrogen-bond donors (Lipinski definition) is 3. The van der Waals surface area contributed by atoms with Crippen LogP contribution in [0, 0.1) is 0 Å². The number of nitrogens with one attached hydrogen (secondary N) is 1. The number of amides is 1. The van der Waals surface area contributed by atoms with Crippen LogP contribution in [-0.4, -0.2) is 46.9 Å². The number of rotatable bonds is 47. The minimum absolute atomic E-state index is 0.0584. The van der Waals surface area contributed by atoms with E-state index in [1.165, 1.54) is 154 Å². The number of ether oxygens (including phenoxy) is 1. The summed E-state index contributed by atoms with van der Waals surface area (Å²) in [6.45, 7) is 6.45. The molecule has 0 aromatic heterocycles. The number of unbranched alkanes of at least 4 members (excludes halogenated alkanes) is 31. The molecule has 0 saturated heterocycles. The Labute approximate surface area is 373 Å². The normalized spacial score (nSPS) is 13.5. The van der Waals surface area contributed by atoms with Crippen molar-refractivity contribution in [3.8, 4) is 0 Å². The van der Waals surface area contributed by atoms with Crippen LogP contribution < -0.4 is 5.32 Å². The van der Waals surface area contributed by atoms with Crippen molar-refractivity contribution in [3.63, 3.8) is 0 Å². The molecule has 0 aliphatic carbocycles. The fourth-order valence-corrected chi connectivity index (χ4v) is 8.02. The Hall–Kier alpha value is -1.92. The second-order valence-corrected chi connectivity index (χ2v) is 18.0. The van der Waals surface area contributed by atoms with Crippen molar-refractivity contribution in [2.45, 2.75) is 289 Å². The molecule has 0 aliphatic heterocycles. The molecule has 0 rings (SSSR count). The van der Waals surface area contributed by atoms with Gasteiger partial charge in [-0.1, -0.05) is 243 Å². The molecular formula is C54H101NO5. The minimum atomic E-state index is -0.793. The second kappa shape index (κ2) is 48.1. The van der Waals surface area contributed by atoms with Crippen LogP contribution in [0.5, 0.6) is 0 Å². The van der Waals surface area contributed by atoms with E-state index in [4.69, 9.17) is 4.74 Å². The van der Waals surface area contributed by atoms with Crippen LogP contribution in [0.1, 0.15) is 271 Å². The van der Waals surface area contributed by atoms with Gasteiger partial charge in [0.2, 0.25) is 5.91 Å². The van der Waals surface area contributed by atoms with Crippen molar-refractivity contribution in [1.82, 2.24) is 5.32 Å². The van der Waals surface area contributed by atoms with Crippen LogP contribution in [0.2, 0.25) is 0 Å².